The van der Waals surface area contributed by atoms with E-state index in [9.17, 15) is 36.0 Å². The lowest BCUT2D eigenvalue weighted by atomic mass is 9.54. The topological polar surface area (TPSA) is 167 Å². The van der Waals surface area contributed by atoms with Gasteiger partial charge in [0.2, 0.25) is 23.6 Å². The Balaban J connectivity index is 1.02. The van der Waals surface area contributed by atoms with E-state index in [0.29, 0.717) is 0 Å². The maximum Gasteiger partial charge on any atom is 0.261 e. The Morgan fingerprint density at radius 3 is 1.08 bits per heavy atom. The van der Waals surface area contributed by atoms with E-state index in [0.717, 1.165) is 9.80 Å². The van der Waals surface area contributed by atoms with Gasteiger partial charge in [-0.1, -0.05) is 59.6 Å². The minimum atomic E-state index is -4.06. The van der Waals surface area contributed by atoms with Crippen LogP contribution in [0.15, 0.2) is 119 Å². The predicted molar refractivity (Wildman–Crippen MR) is 192 cm³/mol. The van der Waals surface area contributed by atoms with Crippen LogP contribution in [-0.4, -0.2) is 40.5 Å². The number of anilines is 4. The van der Waals surface area contributed by atoms with Crippen molar-refractivity contribution in [3.63, 3.8) is 0 Å². The molecule has 5 aliphatic rings. The number of amides is 4. The lowest BCUT2D eigenvalue weighted by molar-refractivity contribution is -0.137. The van der Waals surface area contributed by atoms with E-state index >= 15 is 0 Å². The average molecular weight is 778 g/mol. The third-order valence-corrected chi connectivity index (χ3v) is 13.5. The number of allylic oxidation sites excluding steroid dienone is 2. The molecule has 4 aromatic carbocycles. The molecule has 16 heteroatoms. The number of hydrogen-bond donors (Lipinski definition) is 2. The SMILES string of the molecule is O=C1C2C3C=CC(C2C(=O)N1c1ccc(S(=O)(=O)Nc2ccccc2Cl)cc1)C1C(=O)N(c2ccc(S(=O)(=O)Nc4ccccc4Cl)cc2)C(=O)C31. The number of hydrogen-bond acceptors (Lipinski definition) is 8. The second-order valence-electron chi connectivity index (χ2n) is 12.8. The summed E-state index contributed by atoms with van der Waals surface area (Å²) in [6.07, 6.45) is 3.45. The smallest absolute Gasteiger partial charge is 0.261 e. The molecular formula is C36H26Cl2N4O8S2. The highest BCUT2D eigenvalue weighted by Gasteiger charge is 2.68. The van der Waals surface area contributed by atoms with Crippen molar-refractivity contribution in [3.05, 3.63) is 119 Å². The molecule has 2 saturated heterocycles. The maximum atomic E-state index is 14.0. The van der Waals surface area contributed by atoms with Gasteiger partial charge in [0.1, 0.15) is 0 Å². The largest absolute Gasteiger partial charge is 0.278 e. The molecule has 2 N–H and O–H groups in total. The molecule has 4 unspecified atom stereocenters. The Labute approximate surface area is 308 Å². The predicted octanol–water partition coefficient (Wildman–Crippen LogP) is 5.32. The molecule has 2 heterocycles. The first-order valence-corrected chi connectivity index (χ1v) is 19.7. The quantitative estimate of drug-likeness (QED) is 0.179. The molecule has 264 valence electrons. The van der Waals surface area contributed by atoms with E-state index in [2.05, 4.69) is 9.44 Å². The first-order chi connectivity index (χ1) is 24.8. The maximum absolute atomic E-state index is 14.0. The van der Waals surface area contributed by atoms with E-state index in [4.69, 9.17) is 23.2 Å². The van der Waals surface area contributed by atoms with E-state index in [-0.39, 0.29) is 42.6 Å². The summed E-state index contributed by atoms with van der Waals surface area (Å²) >= 11 is 12.2. The minimum absolute atomic E-state index is 0.122. The van der Waals surface area contributed by atoms with Crippen LogP contribution >= 0.6 is 23.2 Å². The van der Waals surface area contributed by atoms with Crippen LogP contribution in [0.25, 0.3) is 0 Å². The molecule has 4 aromatic rings. The van der Waals surface area contributed by atoms with Crippen molar-refractivity contribution in [1.82, 2.24) is 0 Å². The molecule has 4 amide bonds. The molecule has 1 saturated carbocycles. The number of imide groups is 2. The van der Waals surface area contributed by atoms with Gasteiger partial charge in [0.15, 0.2) is 0 Å². The summed E-state index contributed by atoms with van der Waals surface area (Å²) in [5, 5.41) is 0.413. The Hall–Kier alpha value is -5.02. The van der Waals surface area contributed by atoms with Gasteiger partial charge in [-0.25, -0.2) is 16.8 Å². The monoisotopic (exact) mass is 776 g/mol. The number of nitrogens with zero attached hydrogens (tertiary/aromatic N) is 2. The molecule has 52 heavy (non-hydrogen) atoms. The number of halogens is 2. The Morgan fingerprint density at radius 2 is 0.769 bits per heavy atom. The number of rotatable bonds is 8. The van der Waals surface area contributed by atoms with E-state index in [1.54, 1.807) is 36.4 Å². The highest BCUT2D eigenvalue weighted by atomic mass is 35.5. The molecule has 2 bridgehead atoms. The normalized spacial score (nSPS) is 25.0. The standard InChI is InChI=1S/C36H26Cl2N4O8S2/c37-25-5-1-3-7-27(25)39-51(47,48)21-13-9-19(10-14-21)41-33(43)29-23-17-18-24(30(29)34(41)44)32-31(23)35(45)42(36(32)46)20-11-15-22(16-12-20)52(49,50)40-28-8-4-2-6-26(28)38/h1-18,23-24,29-32,39-40H. The van der Waals surface area contributed by atoms with Crippen molar-refractivity contribution < 1.29 is 36.0 Å². The number of nitrogens with one attached hydrogen (secondary N) is 2. The number of para-hydroxylation sites is 2. The average Bonchev–Trinajstić information content (AvgIpc) is 3.57. The van der Waals surface area contributed by atoms with Gasteiger partial charge in [0.25, 0.3) is 20.0 Å². The van der Waals surface area contributed by atoms with Crippen molar-refractivity contribution >= 4 is 89.6 Å². The van der Waals surface area contributed by atoms with Gasteiger partial charge < -0.3 is 0 Å². The molecule has 0 spiro atoms. The summed E-state index contributed by atoms with van der Waals surface area (Å²) in [5.74, 6) is -7.31. The summed E-state index contributed by atoms with van der Waals surface area (Å²) in [6, 6.07) is 23.2. The number of benzene rings is 4. The fourth-order valence-electron chi connectivity index (χ4n) is 7.78. The van der Waals surface area contributed by atoms with Gasteiger partial charge >= 0.3 is 0 Å². The second kappa shape index (κ2) is 12.3. The van der Waals surface area contributed by atoms with Gasteiger partial charge in [0, 0.05) is 11.8 Å². The van der Waals surface area contributed by atoms with Gasteiger partial charge in [-0.2, -0.15) is 0 Å². The van der Waals surface area contributed by atoms with Crippen molar-refractivity contribution in [1.29, 1.82) is 0 Å². The third kappa shape index (κ3) is 5.31. The van der Waals surface area contributed by atoms with Crippen molar-refractivity contribution in [2.45, 2.75) is 9.79 Å². The van der Waals surface area contributed by atoms with Crippen molar-refractivity contribution in [3.8, 4) is 0 Å². The van der Waals surface area contributed by atoms with E-state index < -0.39 is 79.2 Å². The van der Waals surface area contributed by atoms with Gasteiger partial charge in [-0.05, 0) is 72.8 Å². The van der Waals surface area contributed by atoms with Crippen LogP contribution in [0.2, 0.25) is 10.0 Å². The molecule has 3 fully saturated rings. The Bertz CT molecular complexity index is 2240. The molecule has 0 radical (unpaired) electrons. The highest BCUT2D eigenvalue weighted by molar-refractivity contribution is 7.93. The molecule has 12 nitrogen and oxygen atoms in total. The summed E-state index contributed by atoms with van der Waals surface area (Å²) in [5.41, 5.74) is 0.684. The Kier molecular flexibility index (Phi) is 8.06. The third-order valence-electron chi connectivity index (χ3n) is 10.1. The first-order valence-electron chi connectivity index (χ1n) is 16.0. The summed E-state index contributed by atoms with van der Waals surface area (Å²) in [7, 11) is -8.11. The molecule has 9 rings (SSSR count). The van der Waals surface area contributed by atoms with E-state index in [1.807, 2.05) is 0 Å². The minimum Gasteiger partial charge on any atom is -0.278 e. The number of sulfonamides is 2. The van der Waals surface area contributed by atoms with Crippen LogP contribution in [0, 0.1) is 35.5 Å². The van der Waals surface area contributed by atoms with Crippen LogP contribution in [0.3, 0.4) is 0 Å². The summed E-state index contributed by atoms with van der Waals surface area (Å²) in [4.78, 5) is 57.6. The zero-order valence-corrected chi connectivity index (χ0v) is 29.7. The van der Waals surface area contributed by atoms with Gasteiger partial charge in [0.05, 0.1) is 66.3 Å². The number of carbonyl (C=O) groups is 4. The molecule has 0 aromatic heterocycles. The van der Waals surface area contributed by atoms with Gasteiger partial charge in [-0.15, -0.1) is 0 Å². The molecule has 2 aliphatic heterocycles. The van der Waals surface area contributed by atoms with Crippen LogP contribution in [-0.2, 0) is 39.2 Å². The van der Waals surface area contributed by atoms with Gasteiger partial charge in [-0.3, -0.25) is 38.4 Å². The van der Waals surface area contributed by atoms with Crippen molar-refractivity contribution in [2.24, 2.45) is 35.5 Å². The highest BCUT2D eigenvalue weighted by Crippen LogP contribution is 2.58. The molecule has 4 atom stereocenters. The summed E-state index contributed by atoms with van der Waals surface area (Å²) in [6.45, 7) is 0. The van der Waals surface area contributed by atoms with Crippen LogP contribution < -0.4 is 19.2 Å². The summed E-state index contributed by atoms with van der Waals surface area (Å²) < 4.78 is 57.0. The Morgan fingerprint density at radius 1 is 0.462 bits per heavy atom. The lowest BCUT2D eigenvalue weighted by Gasteiger charge is -2.44. The van der Waals surface area contributed by atoms with Crippen LogP contribution in [0.5, 0.6) is 0 Å². The second-order valence-corrected chi connectivity index (χ2v) is 17.0. The molecular weight excluding hydrogens is 751 g/mol. The zero-order chi connectivity index (χ0) is 36.7. The number of carbonyl (C=O) groups excluding carboxylic acids is 4. The zero-order valence-electron chi connectivity index (χ0n) is 26.6. The van der Waals surface area contributed by atoms with Crippen molar-refractivity contribution in [2.75, 3.05) is 19.2 Å². The van der Waals surface area contributed by atoms with Crippen LogP contribution in [0.1, 0.15) is 0 Å². The first kappa shape index (κ1) is 34.1. The van der Waals surface area contributed by atoms with Crippen LogP contribution in [0.4, 0.5) is 22.7 Å². The fraction of sp³-hybridized carbons (Fsp3) is 0.167. The van der Waals surface area contributed by atoms with E-state index in [1.165, 1.54) is 72.8 Å². The fourth-order valence-corrected chi connectivity index (χ4v) is 10.4. The lowest BCUT2D eigenvalue weighted by Crippen LogP contribution is -2.50. The molecule has 3 aliphatic carbocycles.